The van der Waals surface area contributed by atoms with E-state index in [0.29, 0.717) is 31.0 Å². The zero-order valence-corrected chi connectivity index (χ0v) is 15.2. The van der Waals surface area contributed by atoms with E-state index in [1.165, 1.54) is 0 Å². The van der Waals surface area contributed by atoms with Crippen molar-refractivity contribution in [2.24, 2.45) is 0 Å². The summed E-state index contributed by atoms with van der Waals surface area (Å²) in [6, 6.07) is 9.88. The average Bonchev–Trinajstić information content (AvgIpc) is 3.34. The fourth-order valence-corrected chi connectivity index (χ4v) is 3.37. The fraction of sp³-hybridized carbons (Fsp3) is 0.350. The van der Waals surface area contributed by atoms with Gasteiger partial charge in [-0.25, -0.2) is 0 Å². The SMILES string of the molecule is Cc1cccc(CNC2CCc3onc(C(=O)NCc4ccco4)c3C2)n1. The molecule has 27 heavy (non-hydrogen) atoms. The van der Waals surface area contributed by atoms with Crippen LogP contribution >= 0.6 is 0 Å². The Kier molecular flexibility index (Phi) is 5.02. The van der Waals surface area contributed by atoms with Crippen LogP contribution in [-0.2, 0) is 25.9 Å². The Morgan fingerprint density at radius 2 is 2.19 bits per heavy atom. The van der Waals surface area contributed by atoms with Gasteiger partial charge in [-0.3, -0.25) is 9.78 Å². The summed E-state index contributed by atoms with van der Waals surface area (Å²) < 4.78 is 10.6. The standard InChI is InChI=1S/C20H22N4O3/c1-13-4-2-5-15(23-13)11-21-14-7-8-18-17(10-14)19(24-27-18)20(25)22-12-16-6-3-9-26-16/h2-6,9,14,21H,7-8,10-12H2,1H3,(H,22,25). The molecule has 7 nitrogen and oxygen atoms in total. The third-order valence-electron chi connectivity index (χ3n) is 4.78. The van der Waals surface area contributed by atoms with E-state index in [-0.39, 0.29) is 11.9 Å². The Bertz CT molecular complexity index is 917. The minimum Gasteiger partial charge on any atom is -0.467 e. The van der Waals surface area contributed by atoms with Crippen molar-refractivity contribution in [2.75, 3.05) is 0 Å². The van der Waals surface area contributed by atoms with Gasteiger partial charge in [0.25, 0.3) is 5.91 Å². The Morgan fingerprint density at radius 3 is 3.00 bits per heavy atom. The summed E-state index contributed by atoms with van der Waals surface area (Å²) in [5, 5.41) is 10.4. The van der Waals surface area contributed by atoms with E-state index in [0.717, 1.165) is 35.6 Å². The Balaban J connectivity index is 1.38. The molecule has 0 aliphatic heterocycles. The van der Waals surface area contributed by atoms with Crippen molar-refractivity contribution in [3.8, 4) is 0 Å². The summed E-state index contributed by atoms with van der Waals surface area (Å²) >= 11 is 0. The lowest BCUT2D eigenvalue weighted by Crippen LogP contribution is -2.35. The Morgan fingerprint density at radius 1 is 1.26 bits per heavy atom. The molecule has 0 aromatic carbocycles. The molecule has 3 aromatic heterocycles. The van der Waals surface area contributed by atoms with Crippen molar-refractivity contribution in [3.05, 3.63) is 70.8 Å². The van der Waals surface area contributed by atoms with Gasteiger partial charge in [-0.05, 0) is 44.0 Å². The number of carbonyl (C=O) groups excluding carboxylic acids is 1. The molecule has 3 aromatic rings. The van der Waals surface area contributed by atoms with Gasteiger partial charge < -0.3 is 19.6 Å². The van der Waals surface area contributed by atoms with Crippen LogP contribution in [0.25, 0.3) is 0 Å². The predicted molar refractivity (Wildman–Crippen MR) is 98.0 cm³/mol. The van der Waals surface area contributed by atoms with Crippen LogP contribution in [0, 0.1) is 6.92 Å². The maximum atomic E-state index is 12.5. The highest BCUT2D eigenvalue weighted by molar-refractivity contribution is 5.93. The molecule has 1 atom stereocenters. The van der Waals surface area contributed by atoms with Crippen molar-refractivity contribution < 1.29 is 13.7 Å². The van der Waals surface area contributed by atoms with Gasteiger partial charge in [0.2, 0.25) is 0 Å². The van der Waals surface area contributed by atoms with Crippen molar-refractivity contribution in [1.82, 2.24) is 20.8 Å². The minimum absolute atomic E-state index is 0.239. The number of furan rings is 1. The van der Waals surface area contributed by atoms with Crippen molar-refractivity contribution >= 4 is 5.91 Å². The lowest BCUT2D eigenvalue weighted by molar-refractivity contribution is 0.0938. The van der Waals surface area contributed by atoms with E-state index in [1.54, 1.807) is 12.3 Å². The van der Waals surface area contributed by atoms with Crippen LogP contribution < -0.4 is 10.6 Å². The van der Waals surface area contributed by atoms with Crippen LogP contribution in [0.15, 0.2) is 45.5 Å². The molecule has 1 aliphatic carbocycles. The van der Waals surface area contributed by atoms with Crippen LogP contribution in [0.2, 0.25) is 0 Å². The van der Waals surface area contributed by atoms with Gasteiger partial charge in [0.15, 0.2) is 5.69 Å². The quantitative estimate of drug-likeness (QED) is 0.696. The Hall–Kier alpha value is -2.93. The molecular formula is C20H22N4O3. The Labute approximate surface area is 157 Å². The highest BCUT2D eigenvalue weighted by Gasteiger charge is 2.28. The molecule has 1 unspecified atom stereocenters. The highest BCUT2D eigenvalue weighted by atomic mass is 16.5. The molecule has 140 valence electrons. The maximum Gasteiger partial charge on any atom is 0.274 e. The van der Waals surface area contributed by atoms with Crippen molar-refractivity contribution in [3.63, 3.8) is 0 Å². The third kappa shape index (κ3) is 4.09. The molecule has 3 heterocycles. The molecule has 0 saturated heterocycles. The van der Waals surface area contributed by atoms with E-state index in [2.05, 4.69) is 20.8 Å². The van der Waals surface area contributed by atoms with E-state index in [9.17, 15) is 4.79 Å². The maximum absolute atomic E-state index is 12.5. The van der Waals surface area contributed by atoms with Crippen LogP contribution in [-0.4, -0.2) is 22.1 Å². The number of fused-ring (bicyclic) bond motifs is 1. The number of pyridine rings is 1. The second-order valence-electron chi connectivity index (χ2n) is 6.79. The van der Waals surface area contributed by atoms with Gasteiger partial charge in [0, 0.05) is 30.3 Å². The van der Waals surface area contributed by atoms with Gasteiger partial charge in [-0.15, -0.1) is 0 Å². The summed E-state index contributed by atoms with van der Waals surface area (Å²) in [6.45, 7) is 3.02. The molecule has 0 saturated carbocycles. The summed E-state index contributed by atoms with van der Waals surface area (Å²) in [5.41, 5.74) is 3.29. The molecule has 4 rings (SSSR count). The normalized spacial score (nSPS) is 16.1. The average molecular weight is 366 g/mol. The summed E-state index contributed by atoms with van der Waals surface area (Å²) in [7, 11) is 0. The van der Waals surface area contributed by atoms with Gasteiger partial charge in [-0.2, -0.15) is 0 Å². The number of amides is 1. The first-order valence-electron chi connectivity index (χ1n) is 9.13. The summed E-state index contributed by atoms with van der Waals surface area (Å²) in [4.78, 5) is 17.0. The zero-order chi connectivity index (χ0) is 18.6. The molecular weight excluding hydrogens is 344 g/mol. The van der Waals surface area contributed by atoms with Crippen molar-refractivity contribution in [2.45, 2.75) is 45.3 Å². The monoisotopic (exact) mass is 366 g/mol. The number of aryl methyl sites for hydroxylation is 2. The summed E-state index contributed by atoms with van der Waals surface area (Å²) in [5.74, 6) is 1.27. The molecule has 1 aliphatic rings. The topological polar surface area (TPSA) is 93.2 Å². The molecule has 0 radical (unpaired) electrons. The van der Waals surface area contributed by atoms with Crippen LogP contribution in [0.5, 0.6) is 0 Å². The molecule has 0 bridgehead atoms. The fourth-order valence-electron chi connectivity index (χ4n) is 3.37. The van der Waals surface area contributed by atoms with E-state index >= 15 is 0 Å². The first-order chi connectivity index (χ1) is 13.2. The second-order valence-corrected chi connectivity index (χ2v) is 6.79. The first kappa shape index (κ1) is 17.5. The van der Waals surface area contributed by atoms with E-state index in [4.69, 9.17) is 8.94 Å². The first-order valence-corrected chi connectivity index (χ1v) is 9.13. The smallest absolute Gasteiger partial charge is 0.274 e. The number of nitrogens with one attached hydrogen (secondary N) is 2. The lowest BCUT2D eigenvalue weighted by Gasteiger charge is -2.22. The molecule has 0 spiro atoms. The van der Waals surface area contributed by atoms with Crippen LogP contribution in [0.1, 0.15) is 45.4 Å². The number of nitrogens with zero attached hydrogens (tertiary/aromatic N) is 2. The van der Waals surface area contributed by atoms with Crippen LogP contribution in [0.3, 0.4) is 0 Å². The lowest BCUT2D eigenvalue weighted by atomic mass is 9.92. The largest absolute Gasteiger partial charge is 0.467 e. The number of carbonyl (C=O) groups is 1. The summed E-state index contributed by atoms with van der Waals surface area (Å²) in [6.07, 6.45) is 4.02. The zero-order valence-electron chi connectivity index (χ0n) is 15.2. The number of rotatable bonds is 6. The second kappa shape index (κ2) is 7.75. The number of hydrogen-bond acceptors (Lipinski definition) is 6. The molecule has 1 amide bonds. The van der Waals surface area contributed by atoms with Crippen LogP contribution in [0.4, 0.5) is 0 Å². The van der Waals surface area contributed by atoms with Crippen molar-refractivity contribution in [1.29, 1.82) is 0 Å². The van der Waals surface area contributed by atoms with Gasteiger partial charge in [0.1, 0.15) is 11.5 Å². The predicted octanol–water partition coefficient (Wildman–Crippen LogP) is 2.55. The van der Waals surface area contributed by atoms with Gasteiger partial charge >= 0.3 is 0 Å². The number of aromatic nitrogens is 2. The highest BCUT2D eigenvalue weighted by Crippen LogP contribution is 2.25. The molecule has 2 N–H and O–H groups in total. The minimum atomic E-state index is -0.239. The van der Waals surface area contributed by atoms with E-state index < -0.39 is 0 Å². The third-order valence-corrected chi connectivity index (χ3v) is 4.78. The molecule has 7 heteroatoms. The number of hydrogen-bond donors (Lipinski definition) is 2. The van der Waals surface area contributed by atoms with Gasteiger partial charge in [0.05, 0.1) is 18.5 Å². The van der Waals surface area contributed by atoms with Gasteiger partial charge in [-0.1, -0.05) is 11.2 Å². The van der Waals surface area contributed by atoms with E-state index in [1.807, 2.05) is 31.2 Å². The molecule has 0 fully saturated rings.